The standard InChI is InChI=1S/C15H19Cl2N3O2/c1-2-5-18-10-19(9-15-21-6-7-22-15)20(11-18)14-4-3-12(16)8-13(14)17/h3-4,6-8,15H,2,5,9-11H2,1H3. The maximum atomic E-state index is 6.37. The molecule has 7 heteroatoms. The minimum Gasteiger partial charge on any atom is -0.458 e. The summed E-state index contributed by atoms with van der Waals surface area (Å²) >= 11 is 12.4. The predicted molar refractivity (Wildman–Crippen MR) is 87.5 cm³/mol. The number of benzene rings is 1. The fourth-order valence-corrected chi connectivity index (χ4v) is 3.20. The maximum Gasteiger partial charge on any atom is 0.254 e. The molecule has 0 saturated carbocycles. The van der Waals surface area contributed by atoms with E-state index in [1.54, 1.807) is 18.6 Å². The SMILES string of the molecule is CCCN1CN(CC2OC=CO2)N(c2ccc(Cl)cc2Cl)C1. The minimum absolute atomic E-state index is 0.282. The van der Waals surface area contributed by atoms with E-state index in [-0.39, 0.29) is 6.29 Å². The lowest BCUT2D eigenvalue weighted by molar-refractivity contribution is -0.0455. The fourth-order valence-electron chi connectivity index (χ4n) is 2.69. The zero-order valence-corrected chi connectivity index (χ0v) is 13.9. The van der Waals surface area contributed by atoms with Gasteiger partial charge in [-0.05, 0) is 24.6 Å². The van der Waals surface area contributed by atoms with Crippen LogP contribution in [0.25, 0.3) is 0 Å². The normalized spacial score (nSPS) is 19.7. The predicted octanol–water partition coefficient (Wildman–Crippen LogP) is 3.50. The average Bonchev–Trinajstić information content (AvgIpc) is 3.10. The second kappa shape index (κ2) is 6.96. The Kier molecular flexibility index (Phi) is 4.98. The molecule has 2 aliphatic rings. The Morgan fingerprint density at radius 2 is 1.95 bits per heavy atom. The van der Waals surface area contributed by atoms with E-state index in [2.05, 4.69) is 21.8 Å². The van der Waals surface area contributed by atoms with E-state index < -0.39 is 0 Å². The lowest BCUT2D eigenvalue weighted by Crippen LogP contribution is -2.42. The monoisotopic (exact) mass is 343 g/mol. The second-order valence-corrected chi connectivity index (χ2v) is 6.18. The van der Waals surface area contributed by atoms with Crippen molar-refractivity contribution in [2.24, 2.45) is 0 Å². The topological polar surface area (TPSA) is 28.2 Å². The zero-order chi connectivity index (χ0) is 15.5. The van der Waals surface area contributed by atoms with E-state index in [1.807, 2.05) is 12.1 Å². The third-order valence-corrected chi connectivity index (χ3v) is 4.18. The Bertz CT molecular complexity index is 548. The Labute approximate surface area is 140 Å². The molecule has 0 radical (unpaired) electrons. The van der Waals surface area contributed by atoms with Crippen molar-refractivity contribution in [2.75, 3.05) is 31.4 Å². The van der Waals surface area contributed by atoms with Crippen molar-refractivity contribution in [2.45, 2.75) is 19.6 Å². The molecule has 5 nitrogen and oxygen atoms in total. The van der Waals surface area contributed by atoms with Gasteiger partial charge in [0, 0.05) is 11.6 Å². The van der Waals surface area contributed by atoms with Crippen LogP contribution in [0.1, 0.15) is 13.3 Å². The van der Waals surface area contributed by atoms with Crippen LogP contribution in [0.15, 0.2) is 30.7 Å². The molecule has 1 fully saturated rings. The molecule has 3 rings (SSSR count). The highest BCUT2D eigenvalue weighted by atomic mass is 35.5. The van der Waals surface area contributed by atoms with E-state index >= 15 is 0 Å². The van der Waals surface area contributed by atoms with Crippen molar-refractivity contribution in [3.8, 4) is 0 Å². The lowest BCUT2D eigenvalue weighted by atomic mass is 10.3. The summed E-state index contributed by atoms with van der Waals surface area (Å²) < 4.78 is 10.8. The molecule has 0 N–H and O–H groups in total. The van der Waals surface area contributed by atoms with Gasteiger partial charge in [-0.25, -0.2) is 0 Å². The molecule has 22 heavy (non-hydrogen) atoms. The molecule has 1 saturated heterocycles. The molecular weight excluding hydrogens is 325 g/mol. The molecule has 0 spiro atoms. The summed E-state index contributed by atoms with van der Waals surface area (Å²) in [6, 6.07) is 5.57. The first kappa shape index (κ1) is 15.7. The van der Waals surface area contributed by atoms with Crippen LogP contribution in [0.2, 0.25) is 10.0 Å². The smallest absolute Gasteiger partial charge is 0.254 e. The molecule has 0 atom stereocenters. The van der Waals surface area contributed by atoms with Crippen molar-refractivity contribution < 1.29 is 9.47 Å². The van der Waals surface area contributed by atoms with Crippen molar-refractivity contribution in [3.05, 3.63) is 40.8 Å². The summed E-state index contributed by atoms with van der Waals surface area (Å²) in [6.07, 6.45) is 3.97. The molecule has 0 amide bonds. The van der Waals surface area contributed by atoms with Crippen LogP contribution in [-0.4, -0.2) is 42.6 Å². The second-order valence-electron chi connectivity index (χ2n) is 5.34. The molecule has 0 aliphatic carbocycles. The van der Waals surface area contributed by atoms with Gasteiger partial charge in [0.15, 0.2) is 0 Å². The van der Waals surface area contributed by atoms with E-state index in [0.717, 1.165) is 32.0 Å². The number of hydrogen-bond donors (Lipinski definition) is 0. The Hall–Kier alpha value is -1.14. The molecule has 0 unspecified atom stereocenters. The first-order chi connectivity index (χ1) is 10.7. The van der Waals surface area contributed by atoms with Gasteiger partial charge in [0.25, 0.3) is 6.29 Å². The van der Waals surface area contributed by atoms with Gasteiger partial charge in [-0.2, -0.15) is 5.01 Å². The summed E-state index contributed by atoms with van der Waals surface area (Å²) in [5, 5.41) is 5.61. The third kappa shape index (κ3) is 3.43. The van der Waals surface area contributed by atoms with Crippen molar-refractivity contribution in [1.82, 2.24) is 9.91 Å². The highest BCUT2D eigenvalue weighted by Crippen LogP contribution is 2.32. The van der Waals surface area contributed by atoms with Crippen LogP contribution < -0.4 is 5.01 Å². The summed E-state index contributed by atoms with van der Waals surface area (Å²) in [7, 11) is 0. The maximum absolute atomic E-state index is 6.37. The Morgan fingerprint density at radius 3 is 2.64 bits per heavy atom. The van der Waals surface area contributed by atoms with Gasteiger partial charge in [0.05, 0.1) is 30.6 Å². The summed E-state index contributed by atoms with van der Waals surface area (Å²) in [4.78, 5) is 2.35. The average molecular weight is 344 g/mol. The van der Waals surface area contributed by atoms with E-state index in [0.29, 0.717) is 16.6 Å². The van der Waals surface area contributed by atoms with Crippen LogP contribution in [0.5, 0.6) is 0 Å². The van der Waals surface area contributed by atoms with Crippen molar-refractivity contribution in [1.29, 1.82) is 0 Å². The molecule has 2 aliphatic heterocycles. The highest BCUT2D eigenvalue weighted by molar-refractivity contribution is 6.36. The van der Waals surface area contributed by atoms with Crippen molar-refractivity contribution in [3.63, 3.8) is 0 Å². The van der Waals surface area contributed by atoms with Gasteiger partial charge in [0.2, 0.25) is 0 Å². The van der Waals surface area contributed by atoms with Gasteiger partial charge < -0.3 is 9.47 Å². The summed E-state index contributed by atoms with van der Waals surface area (Å²) in [5.41, 5.74) is 0.940. The third-order valence-electron chi connectivity index (χ3n) is 3.64. The lowest BCUT2D eigenvalue weighted by Gasteiger charge is -2.30. The molecule has 1 aromatic rings. The Morgan fingerprint density at radius 1 is 1.18 bits per heavy atom. The van der Waals surface area contributed by atoms with Crippen LogP contribution in [0.4, 0.5) is 5.69 Å². The van der Waals surface area contributed by atoms with E-state index in [4.69, 9.17) is 32.7 Å². The molecular formula is C15H19Cl2N3O2. The van der Waals surface area contributed by atoms with Crippen LogP contribution in [-0.2, 0) is 9.47 Å². The van der Waals surface area contributed by atoms with Gasteiger partial charge in [-0.1, -0.05) is 30.1 Å². The molecule has 1 aromatic carbocycles. The molecule has 0 bridgehead atoms. The van der Waals surface area contributed by atoms with Crippen LogP contribution in [0, 0.1) is 0 Å². The number of ether oxygens (including phenoxy) is 2. The van der Waals surface area contributed by atoms with E-state index in [9.17, 15) is 0 Å². The number of rotatable bonds is 5. The highest BCUT2D eigenvalue weighted by Gasteiger charge is 2.32. The zero-order valence-electron chi connectivity index (χ0n) is 12.4. The van der Waals surface area contributed by atoms with Crippen LogP contribution in [0.3, 0.4) is 0 Å². The largest absolute Gasteiger partial charge is 0.458 e. The van der Waals surface area contributed by atoms with Gasteiger partial charge in [-0.3, -0.25) is 9.91 Å². The number of anilines is 1. The first-order valence-electron chi connectivity index (χ1n) is 7.33. The Balaban J connectivity index is 1.77. The quantitative estimate of drug-likeness (QED) is 0.815. The molecule has 0 aromatic heterocycles. The van der Waals surface area contributed by atoms with Crippen molar-refractivity contribution >= 4 is 28.9 Å². The number of hydrogen-bond acceptors (Lipinski definition) is 5. The first-order valence-corrected chi connectivity index (χ1v) is 8.08. The number of hydrazine groups is 1. The van der Waals surface area contributed by atoms with Gasteiger partial charge in [-0.15, -0.1) is 0 Å². The number of nitrogens with zero attached hydrogens (tertiary/aromatic N) is 3. The fraction of sp³-hybridized carbons (Fsp3) is 0.467. The van der Waals surface area contributed by atoms with Crippen LogP contribution >= 0.6 is 23.2 Å². The van der Waals surface area contributed by atoms with E-state index in [1.165, 1.54) is 0 Å². The summed E-state index contributed by atoms with van der Waals surface area (Å²) in [5.74, 6) is 0. The van der Waals surface area contributed by atoms with Gasteiger partial charge in [0.1, 0.15) is 12.5 Å². The molecule has 120 valence electrons. The molecule has 2 heterocycles. The summed E-state index contributed by atoms with van der Waals surface area (Å²) in [6.45, 7) is 5.44. The van der Waals surface area contributed by atoms with Gasteiger partial charge >= 0.3 is 0 Å². The minimum atomic E-state index is -0.282. The number of halogens is 2.